The summed E-state index contributed by atoms with van der Waals surface area (Å²) < 4.78 is 1.78. The predicted octanol–water partition coefficient (Wildman–Crippen LogP) is 0.429. The molecule has 16 heavy (non-hydrogen) atoms. The molecular weight excluding hydrogens is 204 g/mol. The van der Waals surface area contributed by atoms with E-state index in [4.69, 9.17) is 5.73 Å². The molecule has 6 nitrogen and oxygen atoms in total. The Morgan fingerprint density at radius 1 is 1.44 bits per heavy atom. The molecule has 84 valence electrons. The zero-order valence-corrected chi connectivity index (χ0v) is 9.33. The van der Waals surface area contributed by atoms with Crippen molar-refractivity contribution in [1.82, 2.24) is 19.7 Å². The lowest BCUT2D eigenvalue weighted by molar-refractivity contribution is 0.766. The lowest BCUT2D eigenvalue weighted by Crippen LogP contribution is -2.17. The summed E-state index contributed by atoms with van der Waals surface area (Å²) in [6, 6.07) is 1.75. The molecule has 0 spiro atoms. The summed E-state index contributed by atoms with van der Waals surface area (Å²) in [7, 11) is 3.85. The van der Waals surface area contributed by atoms with Crippen LogP contribution in [-0.4, -0.2) is 26.8 Å². The highest BCUT2D eigenvalue weighted by Crippen LogP contribution is 2.12. The Hall–Kier alpha value is -2.11. The van der Waals surface area contributed by atoms with E-state index in [1.54, 1.807) is 10.7 Å². The van der Waals surface area contributed by atoms with Gasteiger partial charge < -0.3 is 10.6 Å². The van der Waals surface area contributed by atoms with E-state index < -0.39 is 0 Å². The fraction of sp³-hybridized carbons (Fsp3) is 0.300. The number of hydrogen-bond acceptors (Lipinski definition) is 5. The highest BCUT2D eigenvalue weighted by Gasteiger charge is 2.05. The van der Waals surface area contributed by atoms with Crippen LogP contribution >= 0.6 is 0 Å². The van der Waals surface area contributed by atoms with Gasteiger partial charge in [0.1, 0.15) is 18.0 Å². The fourth-order valence-electron chi connectivity index (χ4n) is 1.48. The minimum atomic E-state index is 0.475. The second-order valence-electron chi connectivity index (χ2n) is 3.68. The molecule has 2 rings (SSSR count). The molecule has 0 fully saturated rings. The molecule has 0 aliphatic rings. The monoisotopic (exact) mass is 218 g/mol. The van der Waals surface area contributed by atoms with E-state index in [1.807, 2.05) is 31.4 Å². The first kappa shape index (κ1) is 10.4. The van der Waals surface area contributed by atoms with Crippen molar-refractivity contribution in [2.45, 2.75) is 6.54 Å². The number of anilines is 2. The zero-order chi connectivity index (χ0) is 11.5. The zero-order valence-electron chi connectivity index (χ0n) is 9.33. The summed E-state index contributed by atoms with van der Waals surface area (Å²) >= 11 is 0. The first-order chi connectivity index (χ1) is 7.65. The van der Waals surface area contributed by atoms with Crippen molar-refractivity contribution >= 4 is 11.6 Å². The number of aryl methyl sites for hydroxylation is 1. The Kier molecular flexibility index (Phi) is 2.72. The van der Waals surface area contributed by atoms with Gasteiger partial charge in [0, 0.05) is 38.5 Å². The quantitative estimate of drug-likeness (QED) is 0.808. The molecule has 2 aromatic rings. The molecule has 0 radical (unpaired) electrons. The van der Waals surface area contributed by atoms with Gasteiger partial charge in [-0.15, -0.1) is 0 Å². The summed E-state index contributed by atoms with van der Waals surface area (Å²) in [4.78, 5) is 10.0. The summed E-state index contributed by atoms with van der Waals surface area (Å²) in [5.74, 6) is 1.28. The van der Waals surface area contributed by atoms with Gasteiger partial charge in [0.25, 0.3) is 0 Å². The Bertz CT molecular complexity index is 478. The van der Waals surface area contributed by atoms with Gasteiger partial charge in [-0.25, -0.2) is 9.97 Å². The number of nitrogens with zero attached hydrogens (tertiary/aromatic N) is 5. The molecule has 0 amide bonds. The van der Waals surface area contributed by atoms with Crippen LogP contribution in [0.25, 0.3) is 0 Å². The third-order valence-corrected chi connectivity index (χ3v) is 2.24. The molecule has 0 bridgehead atoms. The summed E-state index contributed by atoms with van der Waals surface area (Å²) in [5, 5.41) is 4.11. The second-order valence-corrected chi connectivity index (χ2v) is 3.68. The standard InChI is InChI=1S/C10H14N6/c1-15(5-8-4-14-16(2)6-8)10-3-9(11)12-7-13-10/h3-4,6-7H,5H2,1-2H3,(H2,11,12,13). The van der Waals surface area contributed by atoms with Gasteiger partial charge in [-0.3, -0.25) is 4.68 Å². The third kappa shape index (κ3) is 2.28. The predicted molar refractivity (Wildman–Crippen MR) is 61.8 cm³/mol. The molecule has 6 heteroatoms. The number of nitrogens with two attached hydrogens (primary N) is 1. The van der Waals surface area contributed by atoms with E-state index in [9.17, 15) is 0 Å². The van der Waals surface area contributed by atoms with Crippen LogP contribution in [0, 0.1) is 0 Å². The van der Waals surface area contributed by atoms with Crippen LogP contribution in [0.5, 0.6) is 0 Å². The average molecular weight is 218 g/mol. The molecule has 0 aliphatic carbocycles. The molecule has 0 atom stereocenters. The number of rotatable bonds is 3. The summed E-state index contributed by atoms with van der Waals surface area (Å²) in [5.41, 5.74) is 6.73. The second kappa shape index (κ2) is 4.18. The van der Waals surface area contributed by atoms with Crippen molar-refractivity contribution in [1.29, 1.82) is 0 Å². The Morgan fingerprint density at radius 2 is 2.25 bits per heavy atom. The summed E-state index contributed by atoms with van der Waals surface area (Å²) in [6.07, 6.45) is 5.27. The Labute approximate surface area is 93.7 Å². The van der Waals surface area contributed by atoms with Gasteiger partial charge in [-0.2, -0.15) is 5.10 Å². The smallest absolute Gasteiger partial charge is 0.134 e. The average Bonchev–Trinajstić information content (AvgIpc) is 2.64. The SMILES string of the molecule is CN(Cc1cnn(C)c1)c1cc(N)ncn1. The van der Waals surface area contributed by atoms with Crippen LogP contribution in [0.3, 0.4) is 0 Å². The van der Waals surface area contributed by atoms with Gasteiger partial charge in [-0.05, 0) is 0 Å². The maximum absolute atomic E-state index is 5.60. The van der Waals surface area contributed by atoms with Gasteiger partial charge in [0.2, 0.25) is 0 Å². The maximum Gasteiger partial charge on any atom is 0.134 e. The molecule has 2 heterocycles. The van der Waals surface area contributed by atoms with Crippen LogP contribution in [0.2, 0.25) is 0 Å². The molecule has 0 aromatic carbocycles. The third-order valence-electron chi connectivity index (χ3n) is 2.24. The fourth-order valence-corrected chi connectivity index (χ4v) is 1.48. The van der Waals surface area contributed by atoms with Gasteiger partial charge in [-0.1, -0.05) is 0 Å². The minimum absolute atomic E-state index is 0.475. The van der Waals surface area contributed by atoms with E-state index in [1.165, 1.54) is 6.33 Å². The van der Waals surface area contributed by atoms with Crippen molar-refractivity contribution in [2.24, 2.45) is 7.05 Å². The van der Waals surface area contributed by atoms with Gasteiger partial charge >= 0.3 is 0 Å². The van der Waals surface area contributed by atoms with E-state index in [0.29, 0.717) is 5.82 Å². The van der Waals surface area contributed by atoms with Crippen LogP contribution in [0.4, 0.5) is 11.6 Å². The molecule has 0 saturated carbocycles. The van der Waals surface area contributed by atoms with Crippen LogP contribution in [0.1, 0.15) is 5.56 Å². The molecule has 2 N–H and O–H groups in total. The normalized spacial score (nSPS) is 10.4. The van der Waals surface area contributed by atoms with Crippen LogP contribution in [0.15, 0.2) is 24.8 Å². The lowest BCUT2D eigenvalue weighted by Gasteiger charge is -2.16. The van der Waals surface area contributed by atoms with Crippen molar-refractivity contribution in [3.63, 3.8) is 0 Å². The van der Waals surface area contributed by atoms with Crippen molar-refractivity contribution in [2.75, 3.05) is 17.7 Å². The first-order valence-corrected chi connectivity index (χ1v) is 4.91. The minimum Gasteiger partial charge on any atom is -0.384 e. The lowest BCUT2D eigenvalue weighted by atomic mass is 10.3. The van der Waals surface area contributed by atoms with Crippen molar-refractivity contribution in [3.05, 3.63) is 30.4 Å². The highest BCUT2D eigenvalue weighted by molar-refractivity contribution is 5.45. The maximum atomic E-state index is 5.60. The Balaban J connectivity index is 2.11. The first-order valence-electron chi connectivity index (χ1n) is 4.91. The highest BCUT2D eigenvalue weighted by atomic mass is 15.2. The van der Waals surface area contributed by atoms with Crippen molar-refractivity contribution in [3.8, 4) is 0 Å². The van der Waals surface area contributed by atoms with E-state index in [0.717, 1.165) is 17.9 Å². The number of aromatic nitrogens is 4. The van der Waals surface area contributed by atoms with Crippen LogP contribution < -0.4 is 10.6 Å². The molecule has 0 aliphatic heterocycles. The molecule has 2 aromatic heterocycles. The largest absolute Gasteiger partial charge is 0.384 e. The van der Waals surface area contributed by atoms with Gasteiger partial charge in [0.05, 0.1) is 6.20 Å². The van der Waals surface area contributed by atoms with E-state index in [2.05, 4.69) is 15.1 Å². The molecule has 0 saturated heterocycles. The summed E-state index contributed by atoms with van der Waals surface area (Å²) in [6.45, 7) is 0.740. The number of hydrogen-bond donors (Lipinski definition) is 1. The topological polar surface area (TPSA) is 72.9 Å². The number of nitrogen functional groups attached to an aromatic ring is 1. The molecular formula is C10H14N6. The van der Waals surface area contributed by atoms with E-state index >= 15 is 0 Å². The van der Waals surface area contributed by atoms with Crippen molar-refractivity contribution < 1.29 is 0 Å². The molecule has 0 unspecified atom stereocenters. The van der Waals surface area contributed by atoms with Gasteiger partial charge in [0.15, 0.2) is 0 Å². The van der Waals surface area contributed by atoms with Crippen LogP contribution in [-0.2, 0) is 13.6 Å². The Morgan fingerprint density at radius 3 is 2.88 bits per heavy atom. The van der Waals surface area contributed by atoms with E-state index in [-0.39, 0.29) is 0 Å².